The second kappa shape index (κ2) is 9.19. The van der Waals surface area contributed by atoms with Crippen LogP contribution in [0.5, 0.6) is 0 Å². The maximum atomic E-state index is 5.36. The first kappa shape index (κ1) is 18.9. The highest BCUT2D eigenvalue weighted by atomic mass is 32.1. The second-order valence-electron chi connectivity index (χ2n) is 6.89. The Kier molecular flexibility index (Phi) is 6.68. The van der Waals surface area contributed by atoms with Gasteiger partial charge in [-0.2, -0.15) is 0 Å². The van der Waals surface area contributed by atoms with Crippen LogP contribution in [0.3, 0.4) is 0 Å². The van der Waals surface area contributed by atoms with Crippen molar-refractivity contribution < 1.29 is 4.52 Å². The van der Waals surface area contributed by atoms with Gasteiger partial charge in [0.1, 0.15) is 6.54 Å². The monoisotopic (exact) mass is 375 g/mol. The summed E-state index contributed by atoms with van der Waals surface area (Å²) in [5.41, 5.74) is 2.47. The number of guanidine groups is 1. The minimum absolute atomic E-state index is 0.371. The van der Waals surface area contributed by atoms with Crippen LogP contribution >= 0.6 is 11.3 Å². The number of aromatic nitrogens is 1. The van der Waals surface area contributed by atoms with E-state index in [1.165, 1.54) is 12.0 Å². The summed E-state index contributed by atoms with van der Waals surface area (Å²) in [6.07, 6.45) is 1.17. The summed E-state index contributed by atoms with van der Waals surface area (Å²) in [4.78, 5) is 8.66. The van der Waals surface area contributed by atoms with Crippen molar-refractivity contribution in [2.24, 2.45) is 4.99 Å². The molecule has 6 nitrogen and oxygen atoms in total. The summed E-state index contributed by atoms with van der Waals surface area (Å²) in [6.45, 7) is 11.7. The molecule has 7 heteroatoms. The molecule has 0 atom stereocenters. The number of hydrogen-bond acceptors (Lipinski definition) is 5. The van der Waals surface area contributed by atoms with Crippen molar-refractivity contribution in [1.29, 1.82) is 0 Å². The smallest absolute Gasteiger partial charge is 0.191 e. The molecule has 1 aliphatic heterocycles. The van der Waals surface area contributed by atoms with Crippen LogP contribution in [-0.4, -0.2) is 42.2 Å². The number of fused-ring (bicyclic) bond motifs is 1. The normalized spacial score (nSPS) is 15.3. The van der Waals surface area contributed by atoms with E-state index in [-0.39, 0.29) is 0 Å². The number of nitrogens with one attached hydrogen (secondary N) is 2. The summed E-state index contributed by atoms with van der Waals surface area (Å²) >= 11 is 1.89. The van der Waals surface area contributed by atoms with E-state index < -0.39 is 0 Å². The van der Waals surface area contributed by atoms with Crippen molar-refractivity contribution >= 4 is 17.3 Å². The summed E-state index contributed by atoms with van der Waals surface area (Å²) in [5, 5.41) is 13.0. The molecule has 3 heterocycles. The fraction of sp³-hybridized carbons (Fsp3) is 0.579. The lowest BCUT2D eigenvalue weighted by molar-refractivity contribution is 0.260. The molecular weight excluding hydrogens is 346 g/mol. The standard InChI is InChI=1S/C19H29N5OS/c1-4-20-19(22-12-16-11-17(14(2)3)23-25-16)21-7-9-24-8-5-18-15(13-24)6-10-26-18/h6,10-11,14H,4-5,7-9,12-13H2,1-3H3,(H2,20,21,22). The van der Waals surface area contributed by atoms with Crippen LogP contribution in [0.4, 0.5) is 0 Å². The summed E-state index contributed by atoms with van der Waals surface area (Å²) < 4.78 is 5.36. The van der Waals surface area contributed by atoms with Crippen LogP contribution in [0.15, 0.2) is 27.0 Å². The highest BCUT2D eigenvalue weighted by Gasteiger charge is 2.16. The van der Waals surface area contributed by atoms with Gasteiger partial charge in [0.15, 0.2) is 11.7 Å². The van der Waals surface area contributed by atoms with Crippen LogP contribution < -0.4 is 10.6 Å². The molecular formula is C19H29N5OS. The van der Waals surface area contributed by atoms with Crippen molar-refractivity contribution in [2.75, 3.05) is 26.2 Å². The summed E-state index contributed by atoms with van der Waals surface area (Å²) in [7, 11) is 0. The molecule has 0 fully saturated rings. The van der Waals surface area contributed by atoms with E-state index in [9.17, 15) is 0 Å². The Bertz CT molecular complexity index is 721. The number of nitrogens with zero attached hydrogens (tertiary/aromatic N) is 3. The topological polar surface area (TPSA) is 65.7 Å². The van der Waals surface area contributed by atoms with Crippen LogP contribution in [-0.2, 0) is 19.5 Å². The van der Waals surface area contributed by atoms with Gasteiger partial charge in [-0.25, -0.2) is 4.99 Å². The first-order valence-corrected chi connectivity index (χ1v) is 10.3. The minimum Gasteiger partial charge on any atom is -0.359 e. The second-order valence-corrected chi connectivity index (χ2v) is 7.89. The molecule has 2 aromatic heterocycles. The molecule has 0 bridgehead atoms. The molecule has 0 unspecified atom stereocenters. The van der Waals surface area contributed by atoms with E-state index in [0.717, 1.165) is 50.1 Å². The van der Waals surface area contributed by atoms with Gasteiger partial charge in [0.05, 0.1) is 5.69 Å². The predicted octanol–water partition coefficient (Wildman–Crippen LogP) is 2.97. The van der Waals surface area contributed by atoms with E-state index in [4.69, 9.17) is 4.52 Å². The molecule has 142 valence electrons. The maximum absolute atomic E-state index is 5.36. The largest absolute Gasteiger partial charge is 0.359 e. The first-order valence-electron chi connectivity index (χ1n) is 9.41. The van der Waals surface area contributed by atoms with Crippen molar-refractivity contribution in [3.63, 3.8) is 0 Å². The zero-order valence-corrected chi connectivity index (χ0v) is 16.7. The molecule has 26 heavy (non-hydrogen) atoms. The molecule has 3 rings (SSSR count). The number of aliphatic imine (C=N–C) groups is 1. The minimum atomic E-state index is 0.371. The zero-order chi connectivity index (χ0) is 18.4. The van der Waals surface area contributed by atoms with E-state index in [1.807, 2.05) is 17.4 Å². The maximum Gasteiger partial charge on any atom is 0.191 e. The molecule has 1 aliphatic rings. The molecule has 0 amide bonds. The Morgan fingerprint density at radius 3 is 3.08 bits per heavy atom. The van der Waals surface area contributed by atoms with Crippen LogP contribution in [0.25, 0.3) is 0 Å². The Morgan fingerprint density at radius 2 is 2.31 bits per heavy atom. The van der Waals surface area contributed by atoms with Gasteiger partial charge in [-0.1, -0.05) is 19.0 Å². The van der Waals surface area contributed by atoms with E-state index in [2.05, 4.69) is 57.9 Å². The Hall–Kier alpha value is -1.86. The number of thiophene rings is 1. The number of rotatable bonds is 7. The van der Waals surface area contributed by atoms with Gasteiger partial charge in [-0.15, -0.1) is 11.3 Å². The highest BCUT2D eigenvalue weighted by molar-refractivity contribution is 7.10. The van der Waals surface area contributed by atoms with Crippen molar-refractivity contribution in [3.05, 3.63) is 39.4 Å². The first-order chi connectivity index (χ1) is 12.7. The third-order valence-corrected chi connectivity index (χ3v) is 5.54. The molecule has 2 aromatic rings. The SMILES string of the molecule is CCNC(=NCc1cc(C(C)C)no1)NCCN1CCc2sccc2C1. The fourth-order valence-corrected chi connectivity index (χ4v) is 3.89. The quantitative estimate of drug-likeness (QED) is 0.575. The van der Waals surface area contributed by atoms with E-state index >= 15 is 0 Å². The van der Waals surface area contributed by atoms with Crippen LogP contribution in [0.1, 0.15) is 48.6 Å². The van der Waals surface area contributed by atoms with Crippen molar-refractivity contribution in [1.82, 2.24) is 20.7 Å². The van der Waals surface area contributed by atoms with Gasteiger partial charge in [-0.05, 0) is 36.3 Å². The van der Waals surface area contributed by atoms with Gasteiger partial charge in [0.2, 0.25) is 0 Å². The van der Waals surface area contributed by atoms with Gasteiger partial charge in [0.25, 0.3) is 0 Å². The van der Waals surface area contributed by atoms with Gasteiger partial charge in [-0.3, -0.25) is 4.90 Å². The van der Waals surface area contributed by atoms with Gasteiger partial charge in [0, 0.05) is 43.7 Å². The molecule has 0 spiro atoms. The van der Waals surface area contributed by atoms with Gasteiger partial charge < -0.3 is 15.2 Å². The molecule has 0 aliphatic carbocycles. The van der Waals surface area contributed by atoms with Crippen molar-refractivity contribution in [3.8, 4) is 0 Å². The number of hydrogen-bond donors (Lipinski definition) is 2. The Labute approximate surface area is 159 Å². The third kappa shape index (κ3) is 5.08. The van der Waals surface area contributed by atoms with E-state index in [0.29, 0.717) is 12.5 Å². The molecule has 0 saturated heterocycles. The molecule has 0 radical (unpaired) electrons. The van der Waals surface area contributed by atoms with Crippen LogP contribution in [0, 0.1) is 0 Å². The van der Waals surface area contributed by atoms with Gasteiger partial charge >= 0.3 is 0 Å². The van der Waals surface area contributed by atoms with Crippen molar-refractivity contribution in [2.45, 2.75) is 46.2 Å². The predicted molar refractivity (Wildman–Crippen MR) is 107 cm³/mol. The fourth-order valence-electron chi connectivity index (χ4n) is 3.00. The average molecular weight is 376 g/mol. The highest BCUT2D eigenvalue weighted by Crippen LogP contribution is 2.23. The van der Waals surface area contributed by atoms with Crippen LogP contribution in [0.2, 0.25) is 0 Å². The lowest BCUT2D eigenvalue weighted by atomic mass is 10.1. The lowest BCUT2D eigenvalue weighted by Gasteiger charge is -2.27. The Balaban J connectivity index is 1.47. The summed E-state index contributed by atoms with van der Waals surface area (Å²) in [6, 6.07) is 4.25. The molecule has 2 N–H and O–H groups in total. The van der Waals surface area contributed by atoms with E-state index in [1.54, 1.807) is 4.88 Å². The average Bonchev–Trinajstić information content (AvgIpc) is 3.28. The zero-order valence-electron chi connectivity index (χ0n) is 15.9. The summed E-state index contributed by atoms with van der Waals surface area (Å²) in [5.74, 6) is 1.99. The molecule has 0 saturated carbocycles. The lowest BCUT2D eigenvalue weighted by Crippen LogP contribution is -2.42. The Morgan fingerprint density at radius 1 is 1.42 bits per heavy atom. The third-order valence-electron chi connectivity index (χ3n) is 4.51. The molecule has 0 aromatic carbocycles.